The Morgan fingerprint density at radius 3 is 2.12 bits per heavy atom. The number of carbonyl (C=O) groups excluding carboxylic acids is 1. The standard InChI is InChI=1S/C20H19F4NO/c21-15-12-16(22)19(24)17(18(15)23)20(26)25-10-8-14(9-11-25)7-6-13-4-2-1-3-5-13/h1-5,12,14H,6-11H2. The minimum absolute atomic E-state index is 0.108. The number of halogens is 4. The van der Waals surface area contributed by atoms with Gasteiger partial charge in [-0.15, -0.1) is 0 Å². The second kappa shape index (κ2) is 7.89. The van der Waals surface area contributed by atoms with Crippen molar-refractivity contribution in [2.75, 3.05) is 13.1 Å². The topological polar surface area (TPSA) is 20.3 Å². The lowest BCUT2D eigenvalue weighted by Crippen LogP contribution is -2.39. The molecule has 6 heteroatoms. The lowest BCUT2D eigenvalue weighted by atomic mass is 9.90. The molecule has 0 aliphatic carbocycles. The molecule has 0 radical (unpaired) electrons. The molecule has 1 aliphatic rings. The monoisotopic (exact) mass is 365 g/mol. The number of likely N-dealkylation sites (tertiary alicyclic amines) is 1. The maximum absolute atomic E-state index is 13.8. The van der Waals surface area contributed by atoms with E-state index >= 15 is 0 Å². The van der Waals surface area contributed by atoms with Crippen molar-refractivity contribution in [3.8, 4) is 0 Å². The molecule has 1 heterocycles. The van der Waals surface area contributed by atoms with Crippen LogP contribution in [0.25, 0.3) is 0 Å². The molecule has 2 aromatic rings. The van der Waals surface area contributed by atoms with Crippen LogP contribution in [0.15, 0.2) is 36.4 Å². The number of amides is 1. The van der Waals surface area contributed by atoms with Gasteiger partial charge >= 0.3 is 0 Å². The minimum atomic E-state index is -1.64. The molecule has 0 aromatic heterocycles. The summed E-state index contributed by atoms with van der Waals surface area (Å²) >= 11 is 0. The predicted octanol–water partition coefficient (Wildman–Crippen LogP) is 4.73. The molecule has 2 aromatic carbocycles. The fraction of sp³-hybridized carbons (Fsp3) is 0.350. The molecule has 0 bridgehead atoms. The Labute approximate surface area is 149 Å². The molecule has 1 aliphatic heterocycles. The van der Waals surface area contributed by atoms with E-state index in [1.807, 2.05) is 18.2 Å². The summed E-state index contributed by atoms with van der Waals surface area (Å²) < 4.78 is 54.2. The first-order chi connectivity index (χ1) is 12.5. The van der Waals surface area contributed by atoms with Gasteiger partial charge in [-0.2, -0.15) is 0 Å². The molecule has 1 saturated heterocycles. The zero-order valence-electron chi connectivity index (χ0n) is 14.2. The van der Waals surface area contributed by atoms with E-state index in [0.717, 1.165) is 12.8 Å². The first kappa shape index (κ1) is 18.4. The Bertz CT molecular complexity index is 760. The third-order valence-electron chi connectivity index (χ3n) is 4.91. The smallest absolute Gasteiger partial charge is 0.260 e. The highest BCUT2D eigenvalue weighted by Crippen LogP contribution is 2.26. The third kappa shape index (κ3) is 3.89. The summed E-state index contributed by atoms with van der Waals surface area (Å²) in [5, 5.41) is 0. The summed E-state index contributed by atoms with van der Waals surface area (Å²) in [6, 6.07) is 10.2. The molecule has 0 spiro atoms. The molecule has 138 valence electrons. The number of aryl methyl sites for hydroxylation is 1. The molecular weight excluding hydrogens is 346 g/mol. The van der Waals surface area contributed by atoms with Gasteiger partial charge in [0.05, 0.1) is 0 Å². The Hall–Kier alpha value is -2.37. The average molecular weight is 365 g/mol. The molecule has 0 unspecified atom stereocenters. The van der Waals surface area contributed by atoms with Crippen molar-refractivity contribution in [1.82, 2.24) is 4.90 Å². The number of hydrogen-bond acceptors (Lipinski definition) is 1. The molecule has 1 amide bonds. The van der Waals surface area contributed by atoms with E-state index in [-0.39, 0.29) is 6.07 Å². The summed E-state index contributed by atoms with van der Waals surface area (Å²) in [5.74, 6) is -7.01. The largest absolute Gasteiger partial charge is 0.338 e. The average Bonchev–Trinajstić information content (AvgIpc) is 2.66. The van der Waals surface area contributed by atoms with E-state index in [0.29, 0.717) is 31.8 Å². The first-order valence-corrected chi connectivity index (χ1v) is 8.63. The molecule has 2 nitrogen and oxygen atoms in total. The van der Waals surface area contributed by atoms with Crippen LogP contribution in [0.4, 0.5) is 17.6 Å². The van der Waals surface area contributed by atoms with Crippen LogP contribution in [0.1, 0.15) is 35.2 Å². The maximum Gasteiger partial charge on any atom is 0.260 e. The van der Waals surface area contributed by atoms with Crippen LogP contribution in [-0.4, -0.2) is 23.9 Å². The Kier molecular flexibility index (Phi) is 5.59. The first-order valence-electron chi connectivity index (χ1n) is 8.63. The van der Waals surface area contributed by atoms with Crippen LogP contribution in [-0.2, 0) is 6.42 Å². The predicted molar refractivity (Wildman–Crippen MR) is 89.7 cm³/mol. The number of benzene rings is 2. The summed E-state index contributed by atoms with van der Waals surface area (Å²) in [5.41, 5.74) is 0.0932. The van der Waals surface area contributed by atoms with Crippen LogP contribution < -0.4 is 0 Å². The summed E-state index contributed by atoms with van der Waals surface area (Å²) in [6.07, 6.45) is 3.28. The Morgan fingerprint density at radius 2 is 1.54 bits per heavy atom. The van der Waals surface area contributed by atoms with Gasteiger partial charge in [-0.25, -0.2) is 17.6 Å². The summed E-state index contributed by atoms with van der Waals surface area (Å²) in [7, 11) is 0. The quantitative estimate of drug-likeness (QED) is 0.567. The van der Waals surface area contributed by atoms with Crippen molar-refractivity contribution in [3.05, 3.63) is 70.8 Å². The van der Waals surface area contributed by atoms with E-state index in [2.05, 4.69) is 12.1 Å². The molecule has 3 rings (SSSR count). The van der Waals surface area contributed by atoms with E-state index < -0.39 is 34.7 Å². The molecular formula is C20H19F4NO. The zero-order valence-corrected chi connectivity index (χ0v) is 14.2. The van der Waals surface area contributed by atoms with Gasteiger partial charge in [0, 0.05) is 19.2 Å². The van der Waals surface area contributed by atoms with Gasteiger partial charge in [-0.05, 0) is 37.2 Å². The highest BCUT2D eigenvalue weighted by molar-refractivity contribution is 5.95. The highest BCUT2D eigenvalue weighted by atomic mass is 19.2. The van der Waals surface area contributed by atoms with Crippen molar-refractivity contribution in [3.63, 3.8) is 0 Å². The van der Waals surface area contributed by atoms with E-state index in [1.54, 1.807) is 0 Å². The van der Waals surface area contributed by atoms with Crippen molar-refractivity contribution in [1.29, 1.82) is 0 Å². The third-order valence-corrected chi connectivity index (χ3v) is 4.91. The Morgan fingerprint density at radius 1 is 0.962 bits per heavy atom. The van der Waals surface area contributed by atoms with Crippen LogP contribution in [0.3, 0.4) is 0 Å². The lowest BCUT2D eigenvalue weighted by Gasteiger charge is -2.32. The van der Waals surface area contributed by atoms with Crippen LogP contribution >= 0.6 is 0 Å². The second-order valence-electron chi connectivity index (χ2n) is 6.60. The van der Waals surface area contributed by atoms with E-state index in [1.165, 1.54) is 10.5 Å². The molecule has 0 saturated carbocycles. The van der Waals surface area contributed by atoms with Crippen molar-refractivity contribution in [2.24, 2.45) is 5.92 Å². The van der Waals surface area contributed by atoms with Gasteiger partial charge in [0.1, 0.15) is 5.56 Å². The molecule has 1 fully saturated rings. The highest BCUT2D eigenvalue weighted by Gasteiger charge is 2.30. The summed E-state index contributed by atoms with van der Waals surface area (Å²) in [4.78, 5) is 13.6. The maximum atomic E-state index is 13.8. The van der Waals surface area contributed by atoms with E-state index in [9.17, 15) is 22.4 Å². The van der Waals surface area contributed by atoms with Gasteiger partial charge in [0.15, 0.2) is 23.3 Å². The zero-order chi connectivity index (χ0) is 18.7. The lowest BCUT2D eigenvalue weighted by molar-refractivity contribution is 0.0674. The van der Waals surface area contributed by atoms with Crippen molar-refractivity contribution < 1.29 is 22.4 Å². The normalized spacial score (nSPS) is 15.3. The van der Waals surface area contributed by atoms with Gasteiger partial charge in [-0.1, -0.05) is 30.3 Å². The van der Waals surface area contributed by atoms with E-state index in [4.69, 9.17) is 0 Å². The fourth-order valence-corrected chi connectivity index (χ4v) is 3.36. The number of carbonyl (C=O) groups is 1. The number of piperidine rings is 1. The minimum Gasteiger partial charge on any atom is -0.338 e. The van der Waals surface area contributed by atoms with Crippen LogP contribution in [0.2, 0.25) is 0 Å². The van der Waals surface area contributed by atoms with Crippen molar-refractivity contribution in [2.45, 2.75) is 25.7 Å². The second-order valence-corrected chi connectivity index (χ2v) is 6.60. The van der Waals surface area contributed by atoms with Crippen LogP contribution in [0, 0.1) is 29.2 Å². The van der Waals surface area contributed by atoms with Crippen molar-refractivity contribution >= 4 is 5.91 Å². The SMILES string of the molecule is O=C(c1c(F)c(F)cc(F)c1F)N1CCC(CCc2ccccc2)CC1. The van der Waals surface area contributed by atoms with Gasteiger partial charge in [-0.3, -0.25) is 4.79 Å². The number of rotatable bonds is 4. The Balaban J connectivity index is 1.61. The molecule has 0 atom stereocenters. The van der Waals surface area contributed by atoms with Crippen LogP contribution in [0.5, 0.6) is 0 Å². The fourth-order valence-electron chi connectivity index (χ4n) is 3.36. The summed E-state index contributed by atoms with van der Waals surface area (Å²) in [6.45, 7) is 0.630. The van der Waals surface area contributed by atoms with Gasteiger partial charge < -0.3 is 4.90 Å². The van der Waals surface area contributed by atoms with Gasteiger partial charge in [0.2, 0.25) is 0 Å². The number of hydrogen-bond donors (Lipinski definition) is 0. The van der Waals surface area contributed by atoms with Gasteiger partial charge in [0.25, 0.3) is 5.91 Å². The molecule has 26 heavy (non-hydrogen) atoms. The number of nitrogens with zero attached hydrogens (tertiary/aromatic N) is 1. The molecule has 0 N–H and O–H groups in total.